The minimum atomic E-state index is -0.703. The predicted octanol–water partition coefficient (Wildman–Crippen LogP) is 0.260. The Hall–Kier alpha value is -1.76. The van der Waals surface area contributed by atoms with Gasteiger partial charge in [-0.1, -0.05) is 12.1 Å². The van der Waals surface area contributed by atoms with E-state index in [1.165, 1.54) is 10.9 Å². The first-order valence-corrected chi connectivity index (χ1v) is 7.69. The maximum atomic E-state index is 12.4. The van der Waals surface area contributed by atoms with Crippen LogP contribution in [0, 0.1) is 0 Å². The second-order valence-corrected chi connectivity index (χ2v) is 5.88. The molecule has 0 unspecified atom stereocenters. The summed E-state index contributed by atoms with van der Waals surface area (Å²) in [6.45, 7) is 1.04. The summed E-state index contributed by atoms with van der Waals surface area (Å²) in [7, 11) is 0. The van der Waals surface area contributed by atoms with Crippen LogP contribution in [0.2, 0.25) is 0 Å². The molecule has 1 aromatic heterocycles. The van der Waals surface area contributed by atoms with Crippen molar-refractivity contribution in [1.29, 1.82) is 0 Å². The number of rotatable bonds is 4. The van der Waals surface area contributed by atoms with E-state index in [9.17, 15) is 15.0 Å². The van der Waals surface area contributed by atoms with Gasteiger partial charge in [-0.05, 0) is 37.9 Å². The summed E-state index contributed by atoms with van der Waals surface area (Å²) in [5.74, 6) is 0. The molecule has 2 heterocycles. The van der Waals surface area contributed by atoms with E-state index in [0.717, 1.165) is 19.4 Å². The van der Waals surface area contributed by atoms with Crippen LogP contribution >= 0.6 is 0 Å². The number of fused-ring (bicyclic) bond motifs is 1. The lowest BCUT2D eigenvalue weighted by molar-refractivity contribution is 0.0539. The number of aliphatic hydroxyl groups excluding tert-OH is 2. The molecule has 0 bridgehead atoms. The molecule has 3 atom stereocenters. The van der Waals surface area contributed by atoms with Gasteiger partial charge >= 0.3 is 0 Å². The monoisotopic (exact) mass is 303 g/mol. The maximum Gasteiger partial charge on any atom is 0.261 e. The molecule has 3 N–H and O–H groups in total. The van der Waals surface area contributed by atoms with Gasteiger partial charge in [-0.25, -0.2) is 4.98 Å². The Kier molecular flexibility index (Phi) is 4.52. The molecule has 1 aliphatic heterocycles. The number of hydrogen-bond donors (Lipinski definition) is 3. The Balaban J connectivity index is 1.72. The lowest BCUT2D eigenvalue weighted by Crippen LogP contribution is -2.47. The van der Waals surface area contributed by atoms with Crippen molar-refractivity contribution in [2.24, 2.45) is 0 Å². The fourth-order valence-corrected chi connectivity index (χ4v) is 3.01. The normalized spacial score (nSPS) is 23.5. The van der Waals surface area contributed by atoms with E-state index in [2.05, 4.69) is 10.3 Å². The molecule has 0 amide bonds. The molecule has 1 saturated heterocycles. The third-order valence-corrected chi connectivity index (χ3v) is 4.21. The Morgan fingerprint density at radius 1 is 1.41 bits per heavy atom. The van der Waals surface area contributed by atoms with Crippen LogP contribution in [0.15, 0.2) is 35.4 Å². The smallest absolute Gasteiger partial charge is 0.261 e. The van der Waals surface area contributed by atoms with Crippen LogP contribution in [-0.4, -0.2) is 44.6 Å². The van der Waals surface area contributed by atoms with Gasteiger partial charge < -0.3 is 15.5 Å². The number of piperidine rings is 1. The molecule has 2 aromatic rings. The van der Waals surface area contributed by atoms with Crippen LogP contribution in [0.3, 0.4) is 0 Å². The number of nitrogens with one attached hydrogen (secondary N) is 1. The zero-order chi connectivity index (χ0) is 15.5. The zero-order valence-electron chi connectivity index (χ0n) is 12.4. The lowest BCUT2D eigenvalue weighted by atomic mass is 9.96. The summed E-state index contributed by atoms with van der Waals surface area (Å²) >= 11 is 0. The van der Waals surface area contributed by atoms with E-state index in [4.69, 9.17) is 0 Å². The average molecular weight is 303 g/mol. The van der Waals surface area contributed by atoms with Crippen molar-refractivity contribution in [2.75, 3.05) is 6.54 Å². The highest BCUT2D eigenvalue weighted by molar-refractivity contribution is 5.76. The third-order valence-electron chi connectivity index (χ3n) is 4.21. The molecule has 1 fully saturated rings. The molecular weight excluding hydrogens is 282 g/mol. The highest BCUT2D eigenvalue weighted by atomic mass is 16.3. The van der Waals surface area contributed by atoms with Crippen LogP contribution in [0.1, 0.15) is 19.3 Å². The molecule has 0 aliphatic carbocycles. The molecule has 118 valence electrons. The van der Waals surface area contributed by atoms with Crippen molar-refractivity contribution in [3.8, 4) is 0 Å². The van der Waals surface area contributed by atoms with Crippen LogP contribution < -0.4 is 10.9 Å². The Morgan fingerprint density at radius 3 is 3.05 bits per heavy atom. The van der Waals surface area contributed by atoms with Gasteiger partial charge in [0.2, 0.25) is 0 Å². The summed E-state index contributed by atoms with van der Waals surface area (Å²) in [6.07, 6.45) is 2.45. The average Bonchev–Trinajstić information content (AvgIpc) is 2.53. The number of benzene rings is 1. The number of nitrogens with zero attached hydrogens (tertiary/aromatic N) is 2. The van der Waals surface area contributed by atoms with Gasteiger partial charge in [0.1, 0.15) is 0 Å². The molecule has 6 heteroatoms. The quantitative estimate of drug-likeness (QED) is 0.754. The predicted molar refractivity (Wildman–Crippen MR) is 83.7 cm³/mol. The van der Waals surface area contributed by atoms with Crippen LogP contribution in [0.25, 0.3) is 10.9 Å². The molecule has 3 rings (SSSR count). The van der Waals surface area contributed by atoms with Gasteiger partial charge in [0.25, 0.3) is 5.56 Å². The Bertz CT molecular complexity index is 700. The van der Waals surface area contributed by atoms with Crippen LogP contribution in [0.5, 0.6) is 0 Å². The minimum Gasteiger partial charge on any atom is -0.392 e. The first-order chi connectivity index (χ1) is 10.6. The summed E-state index contributed by atoms with van der Waals surface area (Å²) in [4.78, 5) is 16.6. The highest BCUT2D eigenvalue weighted by Gasteiger charge is 2.25. The van der Waals surface area contributed by atoms with Gasteiger partial charge in [0.05, 0.1) is 36.0 Å². The van der Waals surface area contributed by atoms with Gasteiger partial charge in [0.15, 0.2) is 0 Å². The van der Waals surface area contributed by atoms with Crippen molar-refractivity contribution >= 4 is 10.9 Å². The molecule has 1 aliphatic rings. The number of hydrogen-bond acceptors (Lipinski definition) is 5. The fourth-order valence-electron chi connectivity index (χ4n) is 3.01. The van der Waals surface area contributed by atoms with Crippen molar-refractivity contribution in [3.63, 3.8) is 0 Å². The lowest BCUT2D eigenvalue weighted by Gasteiger charge is -2.30. The second kappa shape index (κ2) is 6.56. The fraction of sp³-hybridized carbons (Fsp3) is 0.500. The number of aliphatic hydroxyl groups is 2. The molecule has 22 heavy (non-hydrogen) atoms. The Labute approximate surface area is 128 Å². The largest absolute Gasteiger partial charge is 0.392 e. The highest BCUT2D eigenvalue weighted by Crippen LogP contribution is 2.14. The minimum absolute atomic E-state index is 0.118. The van der Waals surface area contributed by atoms with E-state index in [1.807, 2.05) is 6.07 Å². The van der Waals surface area contributed by atoms with E-state index < -0.39 is 12.2 Å². The molecule has 0 radical (unpaired) electrons. The van der Waals surface area contributed by atoms with Gasteiger partial charge in [-0.15, -0.1) is 0 Å². The molecule has 1 aromatic carbocycles. The Morgan fingerprint density at radius 2 is 2.23 bits per heavy atom. The van der Waals surface area contributed by atoms with E-state index in [1.54, 1.807) is 18.2 Å². The van der Waals surface area contributed by atoms with Gasteiger partial charge in [-0.3, -0.25) is 9.36 Å². The topological polar surface area (TPSA) is 87.4 Å². The standard InChI is InChI=1S/C16H21N3O3/c20-11(8-14-15(21)6-3-7-17-14)9-19-10-18-13-5-2-1-4-12(13)16(19)22/h1-2,4-5,10-11,14-15,17,20-21H,3,6-9H2/t11-,14-,15-/m1/s1. The van der Waals surface area contributed by atoms with Crippen LogP contribution in [-0.2, 0) is 6.54 Å². The van der Waals surface area contributed by atoms with Crippen molar-refractivity contribution < 1.29 is 10.2 Å². The SMILES string of the molecule is O=c1c2ccccc2ncn1C[C@H](O)C[C@H]1NCCC[C@H]1O. The summed E-state index contributed by atoms with van der Waals surface area (Å²) in [6, 6.07) is 7.05. The van der Waals surface area contributed by atoms with E-state index in [-0.39, 0.29) is 18.1 Å². The van der Waals surface area contributed by atoms with E-state index in [0.29, 0.717) is 17.3 Å². The molecule has 0 saturated carbocycles. The van der Waals surface area contributed by atoms with E-state index >= 15 is 0 Å². The summed E-state index contributed by atoms with van der Waals surface area (Å²) in [5, 5.41) is 23.9. The van der Waals surface area contributed by atoms with Crippen molar-refractivity contribution in [1.82, 2.24) is 14.9 Å². The van der Waals surface area contributed by atoms with Crippen LogP contribution in [0.4, 0.5) is 0 Å². The molecule has 6 nitrogen and oxygen atoms in total. The second-order valence-electron chi connectivity index (χ2n) is 5.88. The van der Waals surface area contributed by atoms with Gasteiger partial charge in [0, 0.05) is 6.04 Å². The number of aromatic nitrogens is 2. The van der Waals surface area contributed by atoms with Crippen molar-refractivity contribution in [2.45, 2.75) is 44.1 Å². The summed E-state index contributed by atoms with van der Waals surface area (Å²) in [5.41, 5.74) is 0.504. The van der Waals surface area contributed by atoms with Crippen molar-refractivity contribution in [3.05, 3.63) is 40.9 Å². The first kappa shape index (κ1) is 15.1. The first-order valence-electron chi connectivity index (χ1n) is 7.69. The maximum absolute atomic E-state index is 12.4. The molecular formula is C16H21N3O3. The molecule has 0 spiro atoms. The third kappa shape index (κ3) is 3.19. The number of para-hydroxylation sites is 1. The van der Waals surface area contributed by atoms with Gasteiger partial charge in [-0.2, -0.15) is 0 Å². The summed E-state index contributed by atoms with van der Waals surface area (Å²) < 4.78 is 1.43. The zero-order valence-corrected chi connectivity index (χ0v) is 12.4.